The Kier molecular flexibility index (Phi) is 9.36. The third kappa shape index (κ3) is 7.39. The summed E-state index contributed by atoms with van der Waals surface area (Å²) in [6.07, 6.45) is 6.98. The van der Waals surface area contributed by atoms with Gasteiger partial charge in [-0.2, -0.15) is 0 Å². The second-order valence-electron chi connectivity index (χ2n) is 6.31. The molecule has 0 saturated carbocycles. The van der Waals surface area contributed by atoms with Crippen molar-refractivity contribution in [2.45, 2.75) is 64.6 Å². The first-order valence-corrected chi connectivity index (χ1v) is 11.2. The number of anilines is 1. The summed E-state index contributed by atoms with van der Waals surface area (Å²) in [5.41, 5.74) is 0.544. The molecule has 0 amide bonds. The standard InChI is InChI=1S/C18H30F2NSi/c1-4-5-12-21(13-8-6-7-9-14-22(2)3)18-11-10-16(19)15-17(18)20/h10-11,15H,4-9,12-14H2,1-3H3. The van der Waals surface area contributed by atoms with Crippen LogP contribution in [0.15, 0.2) is 18.2 Å². The van der Waals surface area contributed by atoms with E-state index in [0.29, 0.717) is 5.69 Å². The van der Waals surface area contributed by atoms with Gasteiger partial charge in [0.05, 0.1) is 5.69 Å². The molecule has 1 rings (SSSR count). The normalized spacial score (nSPS) is 11.2. The third-order valence-electron chi connectivity index (χ3n) is 3.89. The van der Waals surface area contributed by atoms with Gasteiger partial charge in [0.15, 0.2) is 0 Å². The molecule has 0 saturated heterocycles. The average Bonchev–Trinajstić information content (AvgIpc) is 2.46. The minimum absolute atomic E-state index is 0.0972. The number of halogens is 2. The Balaban J connectivity index is 2.47. The Morgan fingerprint density at radius 2 is 1.64 bits per heavy atom. The number of hydrogen-bond acceptors (Lipinski definition) is 1. The molecule has 1 radical (unpaired) electrons. The smallest absolute Gasteiger partial charge is 0.149 e. The Hall–Kier alpha value is -0.903. The molecule has 1 aromatic rings. The number of benzene rings is 1. The van der Waals surface area contributed by atoms with Crippen molar-refractivity contribution in [2.75, 3.05) is 18.0 Å². The van der Waals surface area contributed by atoms with Crippen molar-refractivity contribution in [3.63, 3.8) is 0 Å². The quantitative estimate of drug-likeness (QED) is 0.362. The highest BCUT2D eigenvalue weighted by Gasteiger charge is 2.11. The third-order valence-corrected chi connectivity index (χ3v) is 5.24. The predicted molar refractivity (Wildman–Crippen MR) is 94.2 cm³/mol. The second-order valence-corrected chi connectivity index (χ2v) is 9.22. The van der Waals surface area contributed by atoms with Crippen LogP contribution in [0.5, 0.6) is 0 Å². The van der Waals surface area contributed by atoms with Crippen LogP contribution in [-0.2, 0) is 0 Å². The molecule has 0 aromatic heterocycles. The van der Waals surface area contributed by atoms with Gasteiger partial charge >= 0.3 is 0 Å². The Morgan fingerprint density at radius 3 is 2.27 bits per heavy atom. The van der Waals surface area contributed by atoms with E-state index in [0.717, 1.165) is 38.4 Å². The van der Waals surface area contributed by atoms with Crippen molar-refractivity contribution in [1.82, 2.24) is 0 Å². The summed E-state index contributed by atoms with van der Waals surface area (Å²) in [7, 11) is -0.0972. The van der Waals surface area contributed by atoms with Gasteiger partial charge in [-0.3, -0.25) is 0 Å². The first-order chi connectivity index (χ1) is 10.5. The van der Waals surface area contributed by atoms with E-state index in [1.807, 2.05) is 0 Å². The van der Waals surface area contributed by atoms with E-state index in [4.69, 9.17) is 0 Å². The van der Waals surface area contributed by atoms with E-state index < -0.39 is 11.6 Å². The van der Waals surface area contributed by atoms with Gasteiger partial charge in [0.25, 0.3) is 0 Å². The molecule has 0 unspecified atom stereocenters. The van der Waals surface area contributed by atoms with Crippen molar-refractivity contribution in [3.8, 4) is 0 Å². The van der Waals surface area contributed by atoms with Crippen LogP contribution in [0.3, 0.4) is 0 Å². The molecule has 0 aliphatic rings. The van der Waals surface area contributed by atoms with Gasteiger partial charge in [0.1, 0.15) is 11.6 Å². The molecule has 0 aliphatic heterocycles. The van der Waals surface area contributed by atoms with Gasteiger partial charge in [-0.25, -0.2) is 8.78 Å². The maximum atomic E-state index is 14.0. The molecule has 0 N–H and O–H groups in total. The van der Waals surface area contributed by atoms with Crippen LogP contribution in [0, 0.1) is 11.6 Å². The molecule has 4 heteroatoms. The minimum Gasteiger partial charge on any atom is -0.369 e. The van der Waals surface area contributed by atoms with Crippen LogP contribution in [0.25, 0.3) is 0 Å². The molecule has 0 heterocycles. The molecular formula is C18H30F2NSi. The summed E-state index contributed by atoms with van der Waals surface area (Å²) in [6, 6.07) is 5.30. The number of hydrogen-bond donors (Lipinski definition) is 0. The van der Waals surface area contributed by atoms with Crippen LogP contribution >= 0.6 is 0 Å². The van der Waals surface area contributed by atoms with Crippen molar-refractivity contribution in [1.29, 1.82) is 0 Å². The number of rotatable bonds is 11. The lowest BCUT2D eigenvalue weighted by atomic mass is 10.1. The highest BCUT2D eigenvalue weighted by atomic mass is 28.3. The first-order valence-electron chi connectivity index (χ1n) is 8.53. The Morgan fingerprint density at radius 1 is 0.955 bits per heavy atom. The summed E-state index contributed by atoms with van der Waals surface area (Å²) in [5, 5.41) is 0. The van der Waals surface area contributed by atoms with Gasteiger partial charge in [-0.05, 0) is 25.0 Å². The van der Waals surface area contributed by atoms with Crippen molar-refractivity contribution in [3.05, 3.63) is 29.8 Å². The molecule has 1 nitrogen and oxygen atoms in total. The van der Waals surface area contributed by atoms with Crippen molar-refractivity contribution < 1.29 is 8.78 Å². The molecule has 1 aromatic carbocycles. The van der Waals surface area contributed by atoms with E-state index in [1.165, 1.54) is 31.4 Å². The van der Waals surface area contributed by atoms with Gasteiger partial charge in [-0.15, -0.1) is 0 Å². The molecule has 0 fully saturated rings. The summed E-state index contributed by atoms with van der Waals surface area (Å²) in [6.45, 7) is 8.55. The monoisotopic (exact) mass is 326 g/mol. The van der Waals surface area contributed by atoms with Crippen LogP contribution in [0.2, 0.25) is 19.1 Å². The van der Waals surface area contributed by atoms with Gasteiger partial charge in [0, 0.05) is 28.0 Å². The first kappa shape index (κ1) is 19.1. The van der Waals surface area contributed by atoms with Gasteiger partial charge < -0.3 is 4.90 Å². The van der Waals surface area contributed by atoms with Crippen LogP contribution < -0.4 is 4.90 Å². The highest BCUT2D eigenvalue weighted by molar-refractivity contribution is 6.55. The number of nitrogens with zero attached hydrogens (tertiary/aromatic N) is 1. The summed E-state index contributed by atoms with van der Waals surface area (Å²) in [4.78, 5) is 2.08. The fourth-order valence-corrected chi connectivity index (χ4v) is 3.53. The average molecular weight is 327 g/mol. The van der Waals surface area contributed by atoms with E-state index >= 15 is 0 Å². The summed E-state index contributed by atoms with van der Waals surface area (Å²) >= 11 is 0. The lowest BCUT2D eigenvalue weighted by molar-refractivity contribution is 0.569. The maximum absolute atomic E-state index is 14.0. The fourth-order valence-electron chi connectivity index (χ4n) is 2.57. The number of unbranched alkanes of at least 4 members (excludes halogenated alkanes) is 4. The van der Waals surface area contributed by atoms with Gasteiger partial charge in [-0.1, -0.05) is 51.7 Å². The van der Waals surface area contributed by atoms with E-state index in [-0.39, 0.29) is 8.80 Å². The maximum Gasteiger partial charge on any atom is 0.149 e. The molecule has 22 heavy (non-hydrogen) atoms. The zero-order valence-corrected chi connectivity index (χ0v) is 15.3. The highest BCUT2D eigenvalue weighted by Crippen LogP contribution is 2.21. The molecule has 125 valence electrons. The zero-order chi connectivity index (χ0) is 16.4. The largest absolute Gasteiger partial charge is 0.369 e. The molecular weight excluding hydrogens is 296 g/mol. The zero-order valence-electron chi connectivity index (χ0n) is 14.3. The topological polar surface area (TPSA) is 3.24 Å². The minimum atomic E-state index is -0.506. The SMILES string of the molecule is CCCCN(CCCCCC[Si](C)C)c1ccc(F)cc1F. The van der Waals surface area contributed by atoms with E-state index in [1.54, 1.807) is 6.07 Å². The predicted octanol–water partition coefficient (Wildman–Crippen LogP) is 5.89. The lowest BCUT2D eigenvalue weighted by Crippen LogP contribution is -2.26. The lowest BCUT2D eigenvalue weighted by Gasteiger charge is -2.25. The fraction of sp³-hybridized carbons (Fsp3) is 0.667. The van der Waals surface area contributed by atoms with Crippen LogP contribution in [0.1, 0.15) is 45.4 Å². The van der Waals surface area contributed by atoms with E-state index in [2.05, 4.69) is 24.9 Å². The van der Waals surface area contributed by atoms with Crippen molar-refractivity contribution in [2.24, 2.45) is 0 Å². The van der Waals surface area contributed by atoms with Crippen molar-refractivity contribution >= 4 is 14.5 Å². The van der Waals surface area contributed by atoms with Gasteiger partial charge in [0.2, 0.25) is 0 Å². The summed E-state index contributed by atoms with van der Waals surface area (Å²) < 4.78 is 27.0. The molecule has 0 atom stereocenters. The Bertz CT molecular complexity index is 424. The van der Waals surface area contributed by atoms with E-state index in [9.17, 15) is 8.78 Å². The summed E-state index contributed by atoms with van der Waals surface area (Å²) in [5.74, 6) is -0.950. The Labute approximate surface area is 136 Å². The molecule has 0 bridgehead atoms. The molecule has 0 spiro atoms. The van der Waals surface area contributed by atoms with Crippen LogP contribution in [-0.4, -0.2) is 21.9 Å². The van der Waals surface area contributed by atoms with Crippen LogP contribution in [0.4, 0.5) is 14.5 Å². The second kappa shape index (κ2) is 10.8. The molecule has 0 aliphatic carbocycles.